The Hall–Kier alpha value is -1.93. The van der Waals surface area contributed by atoms with E-state index in [0.29, 0.717) is 0 Å². The zero-order valence-corrected chi connectivity index (χ0v) is 15.9. The van der Waals surface area contributed by atoms with Crippen LogP contribution in [0.5, 0.6) is 0 Å². The number of ether oxygens (including phenoxy) is 1. The van der Waals surface area contributed by atoms with Gasteiger partial charge >= 0.3 is 18.4 Å². The lowest BCUT2D eigenvalue weighted by molar-refractivity contribution is -0.152. The van der Waals surface area contributed by atoms with Crippen molar-refractivity contribution in [3.63, 3.8) is 0 Å². The van der Waals surface area contributed by atoms with E-state index in [0.717, 1.165) is 24.3 Å². The molecular formula is C19H23F6NO2. The van der Waals surface area contributed by atoms with Gasteiger partial charge in [0, 0.05) is 18.5 Å². The zero-order valence-electron chi connectivity index (χ0n) is 15.9. The number of piperidine rings is 1. The molecule has 0 radical (unpaired) electrons. The minimum absolute atomic E-state index is 0.0167. The lowest BCUT2D eigenvalue weighted by Gasteiger charge is -2.43. The lowest BCUT2D eigenvalue weighted by Crippen LogP contribution is -2.48. The molecule has 1 aromatic carbocycles. The van der Waals surface area contributed by atoms with Crippen LogP contribution in [0.4, 0.5) is 31.1 Å². The van der Waals surface area contributed by atoms with E-state index in [1.807, 2.05) is 0 Å². The second-order valence-electron chi connectivity index (χ2n) is 8.11. The molecule has 28 heavy (non-hydrogen) atoms. The highest BCUT2D eigenvalue weighted by molar-refractivity contribution is 5.68. The van der Waals surface area contributed by atoms with Gasteiger partial charge < -0.3 is 9.64 Å². The molecule has 1 aliphatic rings. The van der Waals surface area contributed by atoms with Crippen molar-refractivity contribution in [2.75, 3.05) is 13.1 Å². The SMILES string of the molecule is CC(C)(C)OC(=O)N1CCC(CC(F)(F)F)(c2ccc(C(F)(F)F)cc2)CC1. The highest BCUT2D eigenvalue weighted by atomic mass is 19.4. The number of nitrogens with zero attached hydrogens (tertiary/aromatic N) is 1. The molecule has 1 fully saturated rings. The van der Waals surface area contributed by atoms with Gasteiger partial charge in [-0.15, -0.1) is 0 Å². The van der Waals surface area contributed by atoms with Gasteiger partial charge in [-0.2, -0.15) is 26.3 Å². The number of carbonyl (C=O) groups is 1. The molecule has 158 valence electrons. The van der Waals surface area contributed by atoms with Crippen LogP contribution in [-0.2, 0) is 16.3 Å². The number of hydrogen-bond donors (Lipinski definition) is 0. The van der Waals surface area contributed by atoms with E-state index in [1.165, 1.54) is 4.90 Å². The van der Waals surface area contributed by atoms with Crippen LogP contribution < -0.4 is 0 Å². The summed E-state index contributed by atoms with van der Waals surface area (Å²) >= 11 is 0. The standard InChI is InChI=1S/C19H23F6NO2/c1-16(2,3)28-15(27)26-10-8-17(9-11-26,12-18(20,21)22)13-4-6-14(7-5-13)19(23,24)25/h4-7H,8-12H2,1-3H3. The largest absolute Gasteiger partial charge is 0.444 e. The average molecular weight is 411 g/mol. The fraction of sp³-hybridized carbons (Fsp3) is 0.632. The van der Waals surface area contributed by atoms with Crippen molar-refractivity contribution in [3.05, 3.63) is 35.4 Å². The smallest absolute Gasteiger partial charge is 0.416 e. The maximum Gasteiger partial charge on any atom is 0.416 e. The second kappa shape index (κ2) is 7.48. The van der Waals surface area contributed by atoms with Crippen molar-refractivity contribution < 1.29 is 35.9 Å². The predicted molar refractivity (Wildman–Crippen MR) is 90.8 cm³/mol. The van der Waals surface area contributed by atoms with Gasteiger partial charge in [-0.3, -0.25) is 0 Å². The summed E-state index contributed by atoms with van der Waals surface area (Å²) in [5.74, 6) is 0. The topological polar surface area (TPSA) is 29.5 Å². The molecule has 0 spiro atoms. The van der Waals surface area contributed by atoms with Crippen LogP contribution in [0.3, 0.4) is 0 Å². The van der Waals surface area contributed by atoms with Gasteiger partial charge in [0.1, 0.15) is 5.60 Å². The minimum Gasteiger partial charge on any atom is -0.444 e. The summed E-state index contributed by atoms with van der Waals surface area (Å²) in [7, 11) is 0. The molecular weight excluding hydrogens is 388 g/mol. The van der Waals surface area contributed by atoms with Crippen LogP contribution in [0.15, 0.2) is 24.3 Å². The first-order valence-electron chi connectivity index (χ1n) is 8.84. The van der Waals surface area contributed by atoms with E-state index in [-0.39, 0.29) is 31.5 Å². The summed E-state index contributed by atoms with van der Waals surface area (Å²) in [5.41, 5.74) is -2.82. The predicted octanol–water partition coefficient (Wildman–Crippen LogP) is 5.93. The first-order chi connectivity index (χ1) is 12.6. The number of alkyl halides is 6. The van der Waals surface area contributed by atoms with Gasteiger partial charge in [0.05, 0.1) is 12.0 Å². The van der Waals surface area contributed by atoms with Gasteiger partial charge in [-0.25, -0.2) is 4.79 Å². The summed E-state index contributed by atoms with van der Waals surface area (Å²) < 4.78 is 83.2. The maximum absolute atomic E-state index is 13.2. The van der Waals surface area contributed by atoms with Crippen LogP contribution in [0.25, 0.3) is 0 Å². The van der Waals surface area contributed by atoms with E-state index in [4.69, 9.17) is 4.74 Å². The molecule has 0 atom stereocenters. The van der Waals surface area contributed by atoms with Crippen molar-refractivity contribution in [2.24, 2.45) is 0 Å². The number of benzene rings is 1. The van der Waals surface area contributed by atoms with Crippen molar-refractivity contribution in [1.29, 1.82) is 0 Å². The Morgan fingerprint density at radius 2 is 1.50 bits per heavy atom. The van der Waals surface area contributed by atoms with E-state index in [9.17, 15) is 31.1 Å². The van der Waals surface area contributed by atoms with Gasteiger partial charge in [0.15, 0.2) is 0 Å². The van der Waals surface area contributed by atoms with E-state index in [2.05, 4.69) is 0 Å². The number of amides is 1. The number of halogens is 6. The minimum atomic E-state index is -4.56. The quantitative estimate of drug-likeness (QED) is 0.565. The molecule has 0 N–H and O–H groups in total. The van der Waals surface area contributed by atoms with Crippen LogP contribution in [-0.4, -0.2) is 35.9 Å². The van der Waals surface area contributed by atoms with E-state index in [1.54, 1.807) is 20.8 Å². The molecule has 0 unspecified atom stereocenters. The van der Waals surface area contributed by atoms with Crippen molar-refractivity contribution in [1.82, 2.24) is 4.90 Å². The third kappa shape index (κ3) is 5.78. The van der Waals surface area contributed by atoms with Gasteiger partial charge in [0.2, 0.25) is 0 Å². The van der Waals surface area contributed by atoms with Gasteiger partial charge in [0.25, 0.3) is 0 Å². The summed E-state index contributed by atoms with van der Waals surface area (Å²) in [5, 5.41) is 0. The lowest BCUT2D eigenvalue weighted by atomic mass is 9.70. The number of likely N-dealkylation sites (tertiary alicyclic amines) is 1. The third-order valence-electron chi connectivity index (χ3n) is 4.74. The summed E-state index contributed by atoms with van der Waals surface area (Å²) in [6.07, 6.45) is -10.9. The van der Waals surface area contributed by atoms with Crippen LogP contribution in [0.1, 0.15) is 51.2 Å². The Labute approximate surface area is 159 Å². The second-order valence-corrected chi connectivity index (χ2v) is 8.11. The molecule has 1 aliphatic heterocycles. The Morgan fingerprint density at radius 1 is 1.00 bits per heavy atom. The molecule has 9 heteroatoms. The van der Waals surface area contributed by atoms with E-state index >= 15 is 0 Å². The first kappa shape index (κ1) is 22.4. The Morgan fingerprint density at radius 3 is 1.89 bits per heavy atom. The van der Waals surface area contributed by atoms with Crippen LogP contribution in [0.2, 0.25) is 0 Å². The maximum atomic E-state index is 13.2. The molecule has 1 amide bonds. The molecule has 2 rings (SSSR count). The van der Waals surface area contributed by atoms with Crippen LogP contribution >= 0.6 is 0 Å². The fourth-order valence-corrected chi connectivity index (χ4v) is 3.41. The number of carbonyl (C=O) groups excluding carboxylic acids is 1. The molecule has 3 nitrogen and oxygen atoms in total. The summed E-state index contributed by atoms with van der Waals surface area (Å²) in [6.45, 7) is 5.12. The summed E-state index contributed by atoms with van der Waals surface area (Å²) in [6, 6.07) is 3.82. The Bertz CT molecular complexity index is 680. The highest BCUT2D eigenvalue weighted by Gasteiger charge is 2.46. The third-order valence-corrected chi connectivity index (χ3v) is 4.74. The number of rotatable bonds is 2. The average Bonchev–Trinajstić information content (AvgIpc) is 2.51. The van der Waals surface area contributed by atoms with Crippen molar-refractivity contribution in [2.45, 2.75) is 63.4 Å². The van der Waals surface area contributed by atoms with Crippen LogP contribution in [0, 0.1) is 0 Å². The van der Waals surface area contributed by atoms with Crippen molar-refractivity contribution >= 4 is 6.09 Å². The Kier molecular flexibility index (Phi) is 5.97. The van der Waals surface area contributed by atoms with E-state index < -0.39 is 41.4 Å². The molecule has 0 saturated carbocycles. The molecule has 0 bridgehead atoms. The van der Waals surface area contributed by atoms with Gasteiger partial charge in [-0.1, -0.05) is 12.1 Å². The highest BCUT2D eigenvalue weighted by Crippen LogP contribution is 2.45. The Balaban J connectivity index is 2.24. The molecule has 0 aromatic heterocycles. The molecule has 1 saturated heterocycles. The fourth-order valence-electron chi connectivity index (χ4n) is 3.41. The number of hydrogen-bond acceptors (Lipinski definition) is 2. The molecule has 1 aromatic rings. The van der Waals surface area contributed by atoms with Crippen molar-refractivity contribution in [3.8, 4) is 0 Å². The van der Waals surface area contributed by atoms with Gasteiger partial charge in [-0.05, 0) is 51.3 Å². The molecule has 1 heterocycles. The molecule has 0 aliphatic carbocycles. The normalized spacial score (nSPS) is 18.1. The zero-order chi connectivity index (χ0) is 21.4. The monoisotopic (exact) mass is 411 g/mol. The summed E-state index contributed by atoms with van der Waals surface area (Å²) in [4.78, 5) is 13.5. The first-order valence-corrected chi connectivity index (χ1v) is 8.84.